The Labute approximate surface area is 110 Å². The van der Waals surface area contributed by atoms with E-state index in [0.29, 0.717) is 5.56 Å². The van der Waals surface area contributed by atoms with Crippen LogP contribution in [0.2, 0.25) is 0 Å². The van der Waals surface area contributed by atoms with Crippen molar-refractivity contribution in [1.29, 1.82) is 0 Å². The summed E-state index contributed by atoms with van der Waals surface area (Å²) < 4.78 is 99.0. The molecule has 0 spiro atoms. The van der Waals surface area contributed by atoms with Gasteiger partial charge in [0.1, 0.15) is 0 Å². The number of benzene rings is 1. The van der Waals surface area contributed by atoms with Gasteiger partial charge in [0.05, 0.1) is 0 Å². The standard InChI is InChI=1S/C10H8F6O3S/c1-6-2-4-7(5-3-6)8(9(11,12)13)19-20(17,18)10(14,15)16/h2-5,8H,1H3/t8-/m1/s1. The molecular weight excluding hydrogens is 314 g/mol. The van der Waals surface area contributed by atoms with Crippen LogP contribution in [0.15, 0.2) is 24.3 Å². The zero-order valence-electron chi connectivity index (χ0n) is 9.79. The fourth-order valence-electron chi connectivity index (χ4n) is 1.22. The highest BCUT2D eigenvalue weighted by atomic mass is 32.2. The molecule has 0 fully saturated rings. The highest BCUT2D eigenvalue weighted by molar-refractivity contribution is 7.87. The Balaban J connectivity index is 3.20. The first kappa shape index (κ1) is 16.8. The van der Waals surface area contributed by atoms with E-state index in [1.165, 1.54) is 12.1 Å². The zero-order valence-corrected chi connectivity index (χ0v) is 10.6. The van der Waals surface area contributed by atoms with Gasteiger partial charge in [-0.25, -0.2) is 4.18 Å². The first-order valence-corrected chi connectivity index (χ1v) is 6.38. The van der Waals surface area contributed by atoms with E-state index in [9.17, 15) is 34.8 Å². The fourth-order valence-corrected chi connectivity index (χ4v) is 1.80. The molecule has 0 aliphatic heterocycles. The average Bonchev–Trinajstić information content (AvgIpc) is 2.24. The molecule has 20 heavy (non-hydrogen) atoms. The minimum absolute atomic E-state index is 0.549. The van der Waals surface area contributed by atoms with E-state index in [2.05, 4.69) is 4.18 Å². The van der Waals surface area contributed by atoms with Crippen LogP contribution in [0, 0.1) is 6.92 Å². The minimum atomic E-state index is -6.36. The topological polar surface area (TPSA) is 43.4 Å². The normalized spacial score (nSPS) is 15.2. The highest BCUT2D eigenvalue weighted by Crippen LogP contribution is 2.40. The van der Waals surface area contributed by atoms with Crippen molar-refractivity contribution in [1.82, 2.24) is 0 Å². The number of rotatable bonds is 3. The molecule has 10 heteroatoms. The molecule has 0 aliphatic carbocycles. The van der Waals surface area contributed by atoms with Crippen LogP contribution in [0.5, 0.6) is 0 Å². The molecule has 0 N–H and O–H groups in total. The van der Waals surface area contributed by atoms with Crippen molar-refractivity contribution < 1.29 is 38.9 Å². The third-order valence-corrected chi connectivity index (χ3v) is 3.20. The number of halogens is 6. The van der Waals surface area contributed by atoms with Crippen LogP contribution < -0.4 is 0 Å². The minimum Gasteiger partial charge on any atom is -0.245 e. The Morgan fingerprint density at radius 2 is 1.45 bits per heavy atom. The summed E-state index contributed by atoms with van der Waals surface area (Å²) in [6, 6.07) is 4.08. The Morgan fingerprint density at radius 1 is 1.00 bits per heavy atom. The number of hydrogen-bond acceptors (Lipinski definition) is 3. The van der Waals surface area contributed by atoms with Crippen LogP contribution in [0.4, 0.5) is 26.3 Å². The molecule has 0 heterocycles. The largest absolute Gasteiger partial charge is 0.523 e. The monoisotopic (exact) mass is 322 g/mol. The molecule has 1 aromatic carbocycles. The predicted octanol–water partition coefficient (Wildman–Crippen LogP) is 3.46. The average molecular weight is 322 g/mol. The van der Waals surface area contributed by atoms with Crippen LogP contribution in [0.1, 0.15) is 17.2 Å². The quantitative estimate of drug-likeness (QED) is 0.486. The van der Waals surface area contributed by atoms with Gasteiger partial charge in [0, 0.05) is 0 Å². The lowest BCUT2D eigenvalue weighted by Crippen LogP contribution is -2.32. The zero-order chi connectivity index (χ0) is 15.8. The summed E-state index contributed by atoms with van der Waals surface area (Å²) in [5.74, 6) is 0. The molecule has 1 atom stereocenters. The maximum Gasteiger partial charge on any atom is 0.523 e. The van der Waals surface area contributed by atoms with Gasteiger partial charge in [-0.15, -0.1) is 0 Å². The molecule has 0 amide bonds. The van der Waals surface area contributed by atoms with E-state index in [1.54, 1.807) is 6.92 Å². The van der Waals surface area contributed by atoms with Crippen molar-refractivity contribution in [3.05, 3.63) is 35.4 Å². The van der Waals surface area contributed by atoms with Gasteiger partial charge < -0.3 is 0 Å². The SMILES string of the molecule is Cc1ccc([C@@H](OS(=O)(=O)C(F)(F)F)C(F)(F)F)cc1. The molecule has 0 bridgehead atoms. The van der Waals surface area contributed by atoms with Crippen LogP contribution in [-0.2, 0) is 14.3 Å². The van der Waals surface area contributed by atoms with E-state index in [0.717, 1.165) is 12.1 Å². The summed E-state index contributed by atoms with van der Waals surface area (Å²) in [6.45, 7) is 1.54. The molecule has 1 aromatic rings. The van der Waals surface area contributed by atoms with Crippen molar-refractivity contribution >= 4 is 10.1 Å². The Morgan fingerprint density at radius 3 is 1.80 bits per heavy atom. The van der Waals surface area contributed by atoms with Gasteiger partial charge in [-0.3, -0.25) is 0 Å². The van der Waals surface area contributed by atoms with Gasteiger partial charge in [-0.05, 0) is 12.5 Å². The third kappa shape index (κ3) is 3.85. The maximum atomic E-state index is 12.7. The second-order valence-corrected chi connectivity index (χ2v) is 5.39. The molecule has 0 aliphatic rings. The van der Waals surface area contributed by atoms with Crippen molar-refractivity contribution in [2.45, 2.75) is 24.7 Å². The number of aryl methyl sites for hydroxylation is 1. The molecule has 114 valence electrons. The van der Waals surface area contributed by atoms with Gasteiger partial charge in [0.2, 0.25) is 0 Å². The van der Waals surface area contributed by atoms with Crippen LogP contribution >= 0.6 is 0 Å². The molecule has 0 radical (unpaired) electrons. The van der Waals surface area contributed by atoms with Crippen molar-refractivity contribution in [2.24, 2.45) is 0 Å². The summed E-state index contributed by atoms with van der Waals surface area (Å²) >= 11 is 0. The number of hydrogen-bond donors (Lipinski definition) is 0. The van der Waals surface area contributed by atoms with Gasteiger partial charge in [0.15, 0.2) is 6.10 Å². The van der Waals surface area contributed by atoms with E-state index in [1.807, 2.05) is 0 Å². The predicted molar refractivity (Wildman–Crippen MR) is 56.0 cm³/mol. The number of alkyl halides is 6. The van der Waals surface area contributed by atoms with Crippen molar-refractivity contribution in [3.8, 4) is 0 Å². The molecule has 0 saturated carbocycles. The first-order valence-electron chi connectivity index (χ1n) is 4.97. The lowest BCUT2D eigenvalue weighted by Gasteiger charge is -2.21. The van der Waals surface area contributed by atoms with Crippen LogP contribution in [0.25, 0.3) is 0 Å². The summed E-state index contributed by atoms with van der Waals surface area (Å²) in [6.07, 6.45) is -8.53. The van der Waals surface area contributed by atoms with Gasteiger partial charge in [0.25, 0.3) is 0 Å². The molecule has 3 nitrogen and oxygen atoms in total. The van der Waals surface area contributed by atoms with Gasteiger partial charge >= 0.3 is 21.8 Å². The summed E-state index contributed by atoms with van der Waals surface area (Å²) in [5, 5.41) is 0. The molecule has 0 unspecified atom stereocenters. The Kier molecular flexibility index (Phi) is 4.39. The van der Waals surface area contributed by atoms with E-state index < -0.39 is 33.5 Å². The van der Waals surface area contributed by atoms with Gasteiger partial charge in [-0.2, -0.15) is 34.8 Å². The van der Waals surface area contributed by atoms with Crippen molar-refractivity contribution in [2.75, 3.05) is 0 Å². The Bertz CT molecular complexity index is 558. The smallest absolute Gasteiger partial charge is 0.245 e. The lowest BCUT2D eigenvalue weighted by atomic mass is 10.1. The van der Waals surface area contributed by atoms with Gasteiger partial charge in [-0.1, -0.05) is 29.8 Å². The molecule has 0 aromatic heterocycles. The van der Waals surface area contributed by atoms with E-state index in [-0.39, 0.29) is 0 Å². The highest BCUT2D eigenvalue weighted by Gasteiger charge is 2.53. The van der Waals surface area contributed by atoms with Crippen LogP contribution in [-0.4, -0.2) is 20.1 Å². The summed E-state index contributed by atoms with van der Waals surface area (Å²) in [4.78, 5) is 0. The fraction of sp³-hybridized carbons (Fsp3) is 0.400. The molecular formula is C10H8F6O3S. The second-order valence-electron chi connectivity index (χ2n) is 3.83. The third-order valence-electron chi connectivity index (χ3n) is 2.18. The summed E-state index contributed by atoms with van der Waals surface area (Å²) in [5.41, 5.74) is -6.12. The molecule has 0 saturated heterocycles. The Hall–Kier alpha value is -1.29. The second kappa shape index (κ2) is 5.24. The first-order chi connectivity index (χ1) is 8.84. The van der Waals surface area contributed by atoms with Crippen molar-refractivity contribution in [3.63, 3.8) is 0 Å². The maximum absolute atomic E-state index is 12.7. The lowest BCUT2D eigenvalue weighted by molar-refractivity contribution is -0.200. The summed E-state index contributed by atoms with van der Waals surface area (Å²) in [7, 11) is -6.36. The van der Waals surface area contributed by atoms with E-state index in [4.69, 9.17) is 0 Å². The van der Waals surface area contributed by atoms with E-state index >= 15 is 0 Å². The van der Waals surface area contributed by atoms with Crippen LogP contribution in [0.3, 0.4) is 0 Å². The molecule has 1 rings (SSSR count).